The Hall–Kier alpha value is -2.38. The molecular weight excluding hydrogens is 278 g/mol. The normalized spacial score (nSPS) is 11.7. The van der Waals surface area contributed by atoms with E-state index in [9.17, 15) is 0 Å². The summed E-state index contributed by atoms with van der Waals surface area (Å²) in [5.41, 5.74) is 3.01. The predicted molar refractivity (Wildman–Crippen MR) is 91.3 cm³/mol. The first-order valence-corrected chi connectivity index (χ1v) is 7.15. The van der Waals surface area contributed by atoms with Gasteiger partial charge in [0.1, 0.15) is 0 Å². The molecule has 0 aliphatic heterocycles. The molecule has 2 heteroatoms. The number of fused-ring (bicyclic) bond motifs is 1. The quantitative estimate of drug-likeness (QED) is 0.571. The van der Waals surface area contributed by atoms with E-state index in [1.165, 1.54) is 5.56 Å². The largest absolute Gasteiger partial charge is 0.256 e. The highest BCUT2D eigenvalue weighted by Crippen LogP contribution is 2.26. The number of pyridine rings is 1. The summed E-state index contributed by atoms with van der Waals surface area (Å²) in [6.45, 7) is 0. The van der Waals surface area contributed by atoms with Crippen LogP contribution in [-0.4, -0.2) is 4.98 Å². The molecule has 1 nitrogen and oxygen atoms in total. The Labute approximate surface area is 129 Å². The lowest BCUT2D eigenvalue weighted by Crippen LogP contribution is -1.83. The van der Waals surface area contributed by atoms with E-state index >= 15 is 0 Å². The third-order valence-electron chi connectivity index (χ3n) is 3.21. The predicted octanol–water partition coefficient (Wildman–Crippen LogP) is 5.61. The van der Waals surface area contributed by atoms with Gasteiger partial charge in [-0.1, -0.05) is 84.4 Å². The van der Waals surface area contributed by atoms with Gasteiger partial charge < -0.3 is 0 Å². The summed E-state index contributed by atoms with van der Waals surface area (Å²) >= 11 is 6.42. The van der Waals surface area contributed by atoms with Crippen molar-refractivity contribution in [1.29, 1.82) is 0 Å². The molecule has 0 saturated carbocycles. The standard InChI is InChI=1S/C19H14ClN/c20-19-16(14-21-18-13-7-6-12-17(18)19)11-5-4-10-15-8-2-1-3-9-15/h1-14H/b10-4+,11-5+. The maximum Gasteiger partial charge on any atom is 0.0717 e. The molecule has 0 amide bonds. The summed E-state index contributed by atoms with van der Waals surface area (Å²) in [7, 11) is 0. The lowest BCUT2D eigenvalue weighted by molar-refractivity contribution is 1.40. The van der Waals surface area contributed by atoms with Crippen molar-refractivity contribution in [3.63, 3.8) is 0 Å². The molecule has 1 heterocycles. The van der Waals surface area contributed by atoms with E-state index in [1.807, 2.05) is 60.7 Å². The second kappa shape index (κ2) is 6.38. The van der Waals surface area contributed by atoms with E-state index in [0.717, 1.165) is 21.5 Å². The van der Waals surface area contributed by atoms with Crippen molar-refractivity contribution in [2.24, 2.45) is 0 Å². The van der Waals surface area contributed by atoms with Gasteiger partial charge in [-0.25, -0.2) is 0 Å². The summed E-state index contributed by atoms with van der Waals surface area (Å²) in [6.07, 6.45) is 9.81. The number of rotatable bonds is 3. The number of hydrogen-bond acceptors (Lipinski definition) is 1. The monoisotopic (exact) mass is 291 g/mol. The molecule has 0 unspecified atom stereocenters. The van der Waals surface area contributed by atoms with Crippen LogP contribution in [0.4, 0.5) is 0 Å². The van der Waals surface area contributed by atoms with Gasteiger partial charge in [0.2, 0.25) is 0 Å². The average molecular weight is 292 g/mol. The number of benzene rings is 2. The molecule has 0 N–H and O–H groups in total. The van der Waals surface area contributed by atoms with Gasteiger partial charge in [-0.05, 0) is 11.6 Å². The minimum Gasteiger partial charge on any atom is -0.256 e. The van der Waals surface area contributed by atoms with Crippen LogP contribution in [-0.2, 0) is 0 Å². The highest BCUT2D eigenvalue weighted by atomic mass is 35.5. The van der Waals surface area contributed by atoms with E-state index in [2.05, 4.69) is 23.2 Å². The van der Waals surface area contributed by atoms with Crippen LogP contribution >= 0.6 is 11.6 Å². The van der Waals surface area contributed by atoms with Crippen LogP contribution in [0.2, 0.25) is 5.02 Å². The maximum absolute atomic E-state index is 6.42. The van der Waals surface area contributed by atoms with Gasteiger partial charge in [0.15, 0.2) is 0 Å². The summed E-state index contributed by atoms with van der Waals surface area (Å²) in [5, 5.41) is 1.72. The molecule has 3 rings (SSSR count). The fraction of sp³-hybridized carbons (Fsp3) is 0. The average Bonchev–Trinajstić information content (AvgIpc) is 2.55. The second-order valence-corrected chi connectivity index (χ2v) is 5.05. The smallest absolute Gasteiger partial charge is 0.0717 e. The van der Waals surface area contributed by atoms with E-state index in [0.29, 0.717) is 0 Å². The highest BCUT2D eigenvalue weighted by Gasteiger charge is 2.02. The summed E-state index contributed by atoms with van der Waals surface area (Å²) < 4.78 is 0. The number of aromatic nitrogens is 1. The van der Waals surface area contributed by atoms with Crippen molar-refractivity contribution in [2.45, 2.75) is 0 Å². The lowest BCUT2D eigenvalue weighted by Gasteiger charge is -2.02. The molecule has 0 atom stereocenters. The first-order chi connectivity index (χ1) is 10.3. The van der Waals surface area contributed by atoms with Gasteiger partial charge in [-0.3, -0.25) is 4.98 Å². The molecule has 2 aromatic carbocycles. The fourth-order valence-electron chi connectivity index (χ4n) is 2.13. The van der Waals surface area contributed by atoms with E-state index in [1.54, 1.807) is 6.20 Å². The van der Waals surface area contributed by atoms with Gasteiger partial charge >= 0.3 is 0 Å². The molecule has 0 saturated heterocycles. The zero-order valence-electron chi connectivity index (χ0n) is 11.4. The topological polar surface area (TPSA) is 12.9 Å². The molecule has 0 aliphatic rings. The van der Waals surface area contributed by atoms with Gasteiger partial charge in [-0.2, -0.15) is 0 Å². The molecule has 0 radical (unpaired) electrons. The first kappa shape index (κ1) is 13.6. The van der Waals surface area contributed by atoms with E-state index in [4.69, 9.17) is 11.6 Å². The summed E-state index contributed by atoms with van der Waals surface area (Å²) in [4.78, 5) is 4.42. The van der Waals surface area contributed by atoms with Crippen molar-refractivity contribution in [3.8, 4) is 0 Å². The Morgan fingerprint density at radius 3 is 2.38 bits per heavy atom. The van der Waals surface area contributed by atoms with Crippen LogP contribution in [0.15, 0.2) is 72.9 Å². The Balaban J connectivity index is 1.83. The fourth-order valence-corrected chi connectivity index (χ4v) is 2.40. The number of nitrogens with zero attached hydrogens (tertiary/aromatic N) is 1. The molecular formula is C19H14ClN. The van der Waals surface area contributed by atoms with E-state index in [-0.39, 0.29) is 0 Å². The van der Waals surface area contributed by atoms with Crippen molar-refractivity contribution in [2.75, 3.05) is 0 Å². The number of hydrogen-bond donors (Lipinski definition) is 0. The number of halogens is 1. The lowest BCUT2D eigenvalue weighted by atomic mass is 10.1. The minimum atomic E-state index is 0.741. The van der Waals surface area contributed by atoms with Gasteiger partial charge in [0.05, 0.1) is 10.5 Å². The first-order valence-electron chi connectivity index (χ1n) is 6.77. The van der Waals surface area contributed by atoms with Crippen molar-refractivity contribution < 1.29 is 0 Å². The Morgan fingerprint density at radius 1 is 0.810 bits per heavy atom. The molecule has 0 bridgehead atoms. The van der Waals surface area contributed by atoms with Gasteiger partial charge in [0.25, 0.3) is 0 Å². The molecule has 3 aromatic rings. The van der Waals surface area contributed by atoms with E-state index < -0.39 is 0 Å². The third-order valence-corrected chi connectivity index (χ3v) is 3.63. The van der Waals surface area contributed by atoms with Crippen molar-refractivity contribution >= 4 is 34.7 Å². The van der Waals surface area contributed by atoms with Crippen LogP contribution in [0, 0.1) is 0 Å². The van der Waals surface area contributed by atoms with Crippen LogP contribution in [0.5, 0.6) is 0 Å². The Kier molecular flexibility index (Phi) is 4.13. The minimum absolute atomic E-state index is 0.741. The molecule has 21 heavy (non-hydrogen) atoms. The van der Waals surface area contributed by atoms with Crippen LogP contribution in [0.25, 0.3) is 23.1 Å². The molecule has 102 valence electrons. The molecule has 0 fully saturated rings. The SMILES string of the molecule is Clc1c(/C=C/C=C/c2ccccc2)cnc2ccccc12. The Morgan fingerprint density at radius 2 is 1.52 bits per heavy atom. The van der Waals surface area contributed by atoms with Crippen molar-refractivity contribution in [3.05, 3.63) is 89.1 Å². The zero-order chi connectivity index (χ0) is 14.5. The van der Waals surface area contributed by atoms with Gasteiger partial charge in [0, 0.05) is 17.1 Å². The van der Waals surface area contributed by atoms with Crippen LogP contribution in [0.1, 0.15) is 11.1 Å². The molecule has 1 aromatic heterocycles. The van der Waals surface area contributed by atoms with Crippen LogP contribution in [0.3, 0.4) is 0 Å². The maximum atomic E-state index is 6.42. The molecule has 0 aliphatic carbocycles. The Bertz CT molecular complexity index is 804. The van der Waals surface area contributed by atoms with Crippen molar-refractivity contribution in [1.82, 2.24) is 4.98 Å². The molecule has 0 spiro atoms. The summed E-state index contributed by atoms with van der Waals surface area (Å²) in [6, 6.07) is 18.1. The zero-order valence-corrected chi connectivity index (χ0v) is 12.2. The van der Waals surface area contributed by atoms with Gasteiger partial charge in [-0.15, -0.1) is 0 Å². The summed E-state index contributed by atoms with van der Waals surface area (Å²) in [5.74, 6) is 0. The number of allylic oxidation sites excluding steroid dienone is 2. The highest BCUT2D eigenvalue weighted by molar-refractivity contribution is 6.36. The number of para-hydroxylation sites is 1. The second-order valence-electron chi connectivity index (χ2n) is 4.67. The third kappa shape index (κ3) is 3.21. The van der Waals surface area contributed by atoms with Crippen LogP contribution < -0.4 is 0 Å².